The van der Waals surface area contributed by atoms with Gasteiger partial charge in [-0.25, -0.2) is 8.78 Å². The Bertz CT molecular complexity index is 394. The van der Waals surface area contributed by atoms with Gasteiger partial charge in [0.15, 0.2) is 0 Å². The highest BCUT2D eigenvalue weighted by atomic mass is 19.3. The molecule has 0 spiro atoms. The Labute approximate surface area is 99.2 Å². The van der Waals surface area contributed by atoms with E-state index in [2.05, 4.69) is 10.6 Å². The van der Waals surface area contributed by atoms with Gasteiger partial charge in [0.05, 0.1) is 12.1 Å². The maximum absolute atomic E-state index is 12.0. The van der Waals surface area contributed by atoms with Crippen molar-refractivity contribution in [3.8, 4) is 0 Å². The van der Waals surface area contributed by atoms with Gasteiger partial charge in [0.1, 0.15) is 0 Å². The molecule has 0 aliphatic rings. The van der Waals surface area contributed by atoms with Gasteiger partial charge in [0.25, 0.3) is 12.3 Å². The van der Waals surface area contributed by atoms with Gasteiger partial charge in [0.2, 0.25) is 0 Å². The summed E-state index contributed by atoms with van der Waals surface area (Å²) in [6.45, 7) is 3.79. The van der Waals surface area contributed by atoms with Gasteiger partial charge in [-0.1, -0.05) is 11.6 Å². The number of hydrogen-bond acceptors (Lipinski definition) is 2. The van der Waals surface area contributed by atoms with Crippen LogP contribution in [0.3, 0.4) is 0 Å². The van der Waals surface area contributed by atoms with Gasteiger partial charge in [0, 0.05) is 12.2 Å². The van der Waals surface area contributed by atoms with Crippen molar-refractivity contribution >= 4 is 11.6 Å². The van der Waals surface area contributed by atoms with Crippen molar-refractivity contribution in [1.82, 2.24) is 5.32 Å². The van der Waals surface area contributed by atoms with Crippen LogP contribution in [0.1, 0.15) is 22.8 Å². The normalized spacial score (nSPS) is 10.4. The zero-order valence-electron chi connectivity index (χ0n) is 9.89. The highest BCUT2D eigenvalue weighted by Crippen LogP contribution is 2.17. The highest BCUT2D eigenvalue weighted by molar-refractivity contribution is 5.99. The molecule has 94 valence electrons. The van der Waals surface area contributed by atoms with Crippen LogP contribution in [0.2, 0.25) is 0 Å². The van der Waals surface area contributed by atoms with E-state index < -0.39 is 18.9 Å². The molecule has 0 atom stereocenters. The molecule has 1 aromatic carbocycles. The van der Waals surface area contributed by atoms with Crippen LogP contribution in [0.4, 0.5) is 14.5 Å². The molecule has 0 aliphatic carbocycles. The Morgan fingerprint density at radius 2 is 2.12 bits per heavy atom. The smallest absolute Gasteiger partial charge is 0.255 e. The SMILES string of the molecule is CCNc1ccc(C)cc1C(=O)NCC(F)F. The van der Waals surface area contributed by atoms with E-state index in [-0.39, 0.29) is 0 Å². The summed E-state index contributed by atoms with van der Waals surface area (Å²) in [5.74, 6) is -0.482. The molecule has 0 heterocycles. The van der Waals surface area contributed by atoms with Crippen molar-refractivity contribution in [1.29, 1.82) is 0 Å². The lowest BCUT2D eigenvalue weighted by Gasteiger charge is -2.11. The van der Waals surface area contributed by atoms with E-state index in [1.165, 1.54) is 0 Å². The number of halogens is 2. The predicted molar refractivity (Wildman–Crippen MR) is 63.7 cm³/mol. The number of amides is 1. The first-order valence-corrected chi connectivity index (χ1v) is 5.45. The number of benzene rings is 1. The second-order valence-corrected chi connectivity index (χ2v) is 3.68. The van der Waals surface area contributed by atoms with Crippen LogP contribution in [0, 0.1) is 6.92 Å². The van der Waals surface area contributed by atoms with Crippen molar-refractivity contribution in [2.24, 2.45) is 0 Å². The number of carbonyl (C=O) groups is 1. The first-order valence-electron chi connectivity index (χ1n) is 5.45. The fraction of sp³-hybridized carbons (Fsp3) is 0.417. The molecule has 0 radical (unpaired) electrons. The van der Waals surface area contributed by atoms with Gasteiger partial charge in [-0.05, 0) is 26.0 Å². The molecule has 0 unspecified atom stereocenters. The summed E-state index contributed by atoms with van der Waals surface area (Å²) in [7, 11) is 0. The standard InChI is InChI=1S/C12H16F2N2O/c1-3-15-10-5-4-8(2)6-9(10)12(17)16-7-11(13)14/h4-6,11,15H,3,7H2,1-2H3,(H,16,17). The minimum atomic E-state index is -2.54. The molecule has 1 aromatic rings. The Kier molecular flexibility index (Phi) is 4.87. The summed E-state index contributed by atoms with van der Waals surface area (Å²) >= 11 is 0. The van der Waals surface area contributed by atoms with Crippen LogP contribution < -0.4 is 10.6 Å². The van der Waals surface area contributed by atoms with Crippen LogP contribution in [0.5, 0.6) is 0 Å². The maximum atomic E-state index is 12.0. The minimum absolute atomic E-state index is 0.396. The average molecular weight is 242 g/mol. The summed E-state index contributed by atoms with van der Waals surface area (Å²) in [4.78, 5) is 11.7. The van der Waals surface area contributed by atoms with Crippen molar-refractivity contribution in [2.45, 2.75) is 20.3 Å². The number of nitrogens with one attached hydrogen (secondary N) is 2. The molecule has 17 heavy (non-hydrogen) atoms. The zero-order chi connectivity index (χ0) is 12.8. The molecule has 0 aromatic heterocycles. The van der Waals surface area contributed by atoms with E-state index in [1.807, 2.05) is 19.9 Å². The monoisotopic (exact) mass is 242 g/mol. The molecule has 0 saturated carbocycles. The number of alkyl halides is 2. The van der Waals surface area contributed by atoms with Crippen molar-refractivity contribution < 1.29 is 13.6 Å². The predicted octanol–water partition coefficient (Wildman–Crippen LogP) is 2.42. The fourth-order valence-electron chi connectivity index (χ4n) is 1.46. The highest BCUT2D eigenvalue weighted by Gasteiger charge is 2.12. The summed E-state index contributed by atoms with van der Waals surface area (Å²) in [5.41, 5.74) is 1.96. The third kappa shape index (κ3) is 4.01. The molecule has 0 bridgehead atoms. The average Bonchev–Trinajstić information content (AvgIpc) is 2.28. The third-order valence-corrected chi connectivity index (χ3v) is 2.20. The number of hydrogen-bond donors (Lipinski definition) is 2. The fourth-order valence-corrected chi connectivity index (χ4v) is 1.46. The molecule has 5 heteroatoms. The third-order valence-electron chi connectivity index (χ3n) is 2.20. The van der Waals surface area contributed by atoms with Gasteiger partial charge >= 0.3 is 0 Å². The summed E-state index contributed by atoms with van der Waals surface area (Å²) < 4.78 is 24.0. The Morgan fingerprint density at radius 1 is 1.41 bits per heavy atom. The van der Waals surface area contributed by atoms with Crippen LogP contribution in [0.15, 0.2) is 18.2 Å². The maximum Gasteiger partial charge on any atom is 0.255 e. The molecular formula is C12H16F2N2O. The van der Waals surface area contributed by atoms with Crippen LogP contribution in [0.25, 0.3) is 0 Å². The topological polar surface area (TPSA) is 41.1 Å². The molecular weight excluding hydrogens is 226 g/mol. The van der Waals surface area contributed by atoms with E-state index in [9.17, 15) is 13.6 Å². The first-order chi connectivity index (χ1) is 8.04. The number of aryl methyl sites for hydroxylation is 1. The lowest BCUT2D eigenvalue weighted by molar-refractivity contribution is 0.0892. The molecule has 0 saturated heterocycles. The van der Waals surface area contributed by atoms with Gasteiger partial charge in [-0.3, -0.25) is 4.79 Å². The lowest BCUT2D eigenvalue weighted by Crippen LogP contribution is -2.29. The van der Waals surface area contributed by atoms with Crippen LogP contribution >= 0.6 is 0 Å². The van der Waals surface area contributed by atoms with Crippen LogP contribution in [-0.4, -0.2) is 25.4 Å². The summed E-state index contributed by atoms with van der Waals surface area (Å²) in [5, 5.41) is 5.22. The van der Waals surface area contributed by atoms with Crippen molar-refractivity contribution in [3.05, 3.63) is 29.3 Å². The minimum Gasteiger partial charge on any atom is -0.385 e. The molecule has 0 aliphatic heterocycles. The molecule has 1 amide bonds. The van der Waals surface area contributed by atoms with Crippen molar-refractivity contribution in [3.63, 3.8) is 0 Å². The van der Waals surface area contributed by atoms with Gasteiger partial charge in [-0.15, -0.1) is 0 Å². The number of anilines is 1. The Morgan fingerprint density at radius 3 is 2.71 bits per heavy atom. The zero-order valence-corrected chi connectivity index (χ0v) is 9.89. The van der Waals surface area contributed by atoms with Crippen molar-refractivity contribution in [2.75, 3.05) is 18.4 Å². The number of rotatable bonds is 5. The van der Waals surface area contributed by atoms with E-state index in [0.29, 0.717) is 17.8 Å². The van der Waals surface area contributed by atoms with E-state index >= 15 is 0 Å². The quantitative estimate of drug-likeness (QED) is 0.832. The lowest BCUT2D eigenvalue weighted by atomic mass is 10.1. The summed E-state index contributed by atoms with van der Waals surface area (Å²) in [6, 6.07) is 5.32. The molecule has 1 rings (SSSR count). The largest absolute Gasteiger partial charge is 0.385 e. The van der Waals surface area contributed by atoms with E-state index in [1.54, 1.807) is 12.1 Å². The number of carbonyl (C=O) groups excluding carboxylic acids is 1. The van der Waals surface area contributed by atoms with E-state index in [0.717, 1.165) is 5.56 Å². The second-order valence-electron chi connectivity index (χ2n) is 3.68. The first kappa shape index (κ1) is 13.4. The van der Waals surface area contributed by atoms with Gasteiger partial charge < -0.3 is 10.6 Å². The van der Waals surface area contributed by atoms with Gasteiger partial charge in [-0.2, -0.15) is 0 Å². The van der Waals surface area contributed by atoms with E-state index in [4.69, 9.17) is 0 Å². The Balaban J connectivity index is 2.86. The second kappa shape index (κ2) is 6.18. The van der Waals surface area contributed by atoms with Crippen LogP contribution in [-0.2, 0) is 0 Å². The summed E-state index contributed by atoms with van der Waals surface area (Å²) in [6.07, 6.45) is -2.54. The molecule has 0 fully saturated rings. The molecule has 2 N–H and O–H groups in total. The Hall–Kier alpha value is -1.65. The molecule has 3 nitrogen and oxygen atoms in total.